The number of hydrogen-bond donors (Lipinski definition) is 2. The smallest absolute Gasteiger partial charge is 0.235 e. The average molecular weight is 364 g/mol. The molecule has 2 heterocycles. The second-order valence-electron chi connectivity index (χ2n) is 6.41. The molecule has 1 amide bonds. The van der Waals surface area contributed by atoms with Gasteiger partial charge in [0.25, 0.3) is 0 Å². The predicted molar refractivity (Wildman–Crippen MR) is 105 cm³/mol. The summed E-state index contributed by atoms with van der Waals surface area (Å²) >= 11 is 1.69. The topological polar surface area (TPSA) is 72.9 Å². The van der Waals surface area contributed by atoms with Crippen LogP contribution >= 0.6 is 11.8 Å². The molecule has 0 spiro atoms. The fraction of sp³-hybridized carbons (Fsp3) is 0.200. The van der Waals surface area contributed by atoms with Gasteiger partial charge in [-0.1, -0.05) is 48.0 Å². The Labute approximate surface area is 156 Å². The first-order chi connectivity index (χ1) is 12.6. The van der Waals surface area contributed by atoms with Crippen LogP contribution in [0.5, 0.6) is 0 Å². The van der Waals surface area contributed by atoms with Gasteiger partial charge in [0.2, 0.25) is 5.91 Å². The third kappa shape index (κ3) is 3.25. The molecule has 1 aliphatic heterocycles. The number of carbonyl (C=O) groups is 1. The third-order valence-corrected chi connectivity index (χ3v) is 5.75. The number of hydrogen-bond acceptors (Lipinski definition) is 4. The zero-order valence-corrected chi connectivity index (χ0v) is 15.2. The minimum Gasteiger partial charge on any atom is -0.368 e. The van der Waals surface area contributed by atoms with Gasteiger partial charge in [0, 0.05) is 23.1 Å². The molecule has 6 heteroatoms. The number of primary amides is 1. The van der Waals surface area contributed by atoms with E-state index in [4.69, 9.17) is 10.8 Å². The molecule has 0 bridgehead atoms. The maximum Gasteiger partial charge on any atom is 0.235 e. The molecule has 3 aromatic rings. The van der Waals surface area contributed by atoms with Crippen LogP contribution in [0, 0.1) is 6.92 Å². The maximum absolute atomic E-state index is 11.5. The lowest BCUT2D eigenvalue weighted by atomic mass is 10.1. The monoisotopic (exact) mass is 364 g/mol. The lowest BCUT2D eigenvalue weighted by Crippen LogP contribution is -2.39. The maximum atomic E-state index is 11.5. The van der Waals surface area contributed by atoms with Crippen LogP contribution in [0.2, 0.25) is 0 Å². The van der Waals surface area contributed by atoms with Crippen LogP contribution in [0.4, 0.5) is 0 Å². The highest BCUT2D eigenvalue weighted by molar-refractivity contribution is 7.99. The molecule has 2 aromatic carbocycles. The summed E-state index contributed by atoms with van der Waals surface area (Å²) in [5.74, 6) is 0.358. The number of carbonyl (C=O) groups excluding carboxylic acids is 1. The lowest BCUT2D eigenvalue weighted by molar-refractivity contribution is -0.119. The molecule has 4 rings (SSSR count). The van der Waals surface area contributed by atoms with Crippen LogP contribution in [0.1, 0.15) is 16.5 Å². The highest BCUT2D eigenvalue weighted by Crippen LogP contribution is 2.38. The number of para-hydroxylation sites is 1. The van der Waals surface area contributed by atoms with Gasteiger partial charge in [-0.3, -0.25) is 10.1 Å². The first-order valence-electron chi connectivity index (χ1n) is 8.51. The van der Waals surface area contributed by atoms with Crippen molar-refractivity contribution in [3.8, 4) is 16.9 Å². The Bertz CT molecular complexity index is 921. The molecule has 1 fully saturated rings. The molecule has 0 radical (unpaired) electrons. The lowest BCUT2D eigenvalue weighted by Gasteiger charge is -2.11. The Balaban J connectivity index is 1.77. The molecule has 26 heavy (non-hydrogen) atoms. The Morgan fingerprint density at radius 2 is 1.92 bits per heavy atom. The summed E-state index contributed by atoms with van der Waals surface area (Å²) in [6, 6.07) is 18.1. The van der Waals surface area contributed by atoms with E-state index in [2.05, 4.69) is 36.5 Å². The number of nitrogens with two attached hydrogens (primary N) is 1. The number of nitrogens with one attached hydrogen (secondary N) is 1. The van der Waals surface area contributed by atoms with Crippen LogP contribution in [0.15, 0.2) is 60.8 Å². The molecule has 2 unspecified atom stereocenters. The number of thioether (sulfide) groups is 1. The van der Waals surface area contributed by atoms with Gasteiger partial charge in [0.1, 0.15) is 0 Å². The molecule has 2 atom stereocenters. The summed E-state index contributed by atoms with van der Waals surface area (Å²) in [6.45, 7) is 2.07. The van der Waals surface area contributed by atoms with Gasteiger partial charge in [0.05, 0.1) is 22.8 Å². The number of aryl methyl sites for hydroxylation is 1. The van der Waals surface area contributed by atoms with Gasteiger partial charge in [-0.25, -0.2) is 4.68 Å². The van der Waals surface area contributed by atoms with Crippen LogP contribution in [0.25, 0.3) is 16.9 Å². The van der Waals surface area contributed by atoms with Crippen LogP contribution in [-0.2, 0) is 4.79 Å². The second-order valence-corrected chi connectivity index (χ2v) is 7.55. The Kier molecular flexibility index (Phi) is 4.53. The van der Waals surface area contributed by atoms with E-state index in [1.807, 2.05) is 41.2 Å². The summed E-state index contributed by atoms with van der Waals surface area (Å²) in [6.07, 6.45) is 2.04. The molecule has 0 saturated carbocycles. The second kappa shape index (κ2) is 6.97. The Morgan fingerprint density at radius 1 is 1.19 bits per heavy atom. The number of aromatic nitrogens is 2. The van der Waals surface area contributed by atoms with Gasteiger partial charge < -0.3 is 5.73 Å². The minimum absolute atomic E-state index is 0.0127. The largest absolute Gasteiger partial charge is 0.368 e. The van der Waals surface area contributed by atoms with E-state index in [-0.39, 0.29) is 17.3 Å². The summed E-state index contributed by atoms with van der Waals surface area (Å²) in [5, 5.41) is 8.16. The Morgan fingerprint density at radius 3 is 2.58 bits per heavy atom. The van der Waals surface area contributed by atoms with Gasteiger partial charge in [-0.15, -0.1) is 11.8 Å². The van der Waals surface area contributed by atoms with E-state index in [0.29, 0.717) is 5.75 Å². The average Bonchev–Trinajstić information content (AvgIpc) is 3.30. The molecular formula is C20H20N4OS. The van der Waals surface area contributed by atoms with E-state index in [9.17, 15) is 4.79 Å². The molecule has 1 saturated heterocycles. The molecular weight excluding hydrogens is 344 g/mol. The summed E-state index contributed by atoms with van der Waals surface area (Å²) in [5.41, 5.74) is 10.7. The normalized spacial score (nSPS) is 19.6. The highest BCUT2D eigenvalue weighted by Gasteiger charge is 2.32. The summed E-state index contributed by atoms with van der Waals surface area (Å²) < 4.78 is 1.89. The molecule has 1 aromatic heterocycles. The molecule has 5 nitrogen and oxygen atoms in total. The van der Waals surface area contributed by atoms with Gasteiger partial charge >= 0.3 is 0 Å². The predicted octanol–water partition coefficient (Wildman–Crippen LogP) is 3.04. The minimum atomic E-state index is -0.313. The van der Waals surface area contributed by atoms with E-state index in [1.54, 1.807) is 11.8 Å². The van der Waals surface area contributed by atoms with E-state index >= 15 is 0 Å². The molecule has 132 valence electrons. The Hall–Kier alpha value is -2.57. The van der Waals surface area contributed by atoms with Crippen molar-refractivity contribution in [1.29, 1.82) is 0 Å². The number of amides is 1. The van der Waals surface area contributed by atoms with Crippen LogP contribution in [-0.4, -0.2) is 27.5 Å². The van der Waals surface area contributed by atoms with Crippen molar-refractivity contribution in [2.45, 2.75) is 18.3 Å². The molecule has 0 aliphatic carbocycles. The summed E-state index contributed by atoms with van der Waals surface area (Å²) in [4.78, 5) is 11.5. The fourth-order valence-electron chi connectivity index (χ4n) is 3.04. The quantitative estimate of drug-likeness (QED) is 0.746. The van der Waals surface area contributed by atoms with Crippen LogP contribution in [0.3, 0.4) is 0 Å². The van der Waals surface area contributed by atoms with Crippen molar-refractivity contribution >= 4 is 17.7 Å². The van der Waals surface area contributed by atoms with E-state index in [1.165, 1.54) is 5.56 Å². The van der Waals surface area contributed by atoms with E-state index in [0.717, 1.165) is 22.5 Å². The zero-order chi connectivity index (χ0) is 18.1. The zero-order valence-electron chi connectivity index (χ0n) is 14.4. The molecule has 1 aliphatic rings. The molecule has 3 N–H and O–H groups in total. The van der Waals surface area contributed by atoms with E-state index < -0.39 is 0 Å². The first-order valence-corrected chi connectivity index (χ1v) is 9.56. The van der Waals surface area contributed by atoms with Gasteiger partial charge in [0.15, 0.2) is 0 Å². The van der Waals surface area contributed by atoms with Gasteiger partial charge in [-0.05, 0) is 19.1 Å². The van der Waals surface area contributed by atoms with Gasteiger partial charge in [-0.2, -0.15) is 5.10 Å². The van der Waals surface area contributed by atoms with Crippen molar-refractivity contribution < 1.29 is 4.79 Å². The standard InChI is InChI=1S/C20H20N4OS/c1-13-7-9-14(10-8-13)18-16(20-22-17(12-26-20)19(21)25)11-24(23-18)15-5-3-2-4-6-15/h2-11,17,20,22H,12H2,1H3,(H2,21,25). The van der Waals surface area contributed by atoms with Crippen molar-refractivity contribution in [2.24, 2.45) is 5.73 Å². The van der Waals surface area contributed by atoms with Crippen molar-refractivity contribution in [1.82, 2.24) is 15.1 Å². The first kappa shape index (κ1) is 16.9. The number of benzene rings is 2. The van der Waals surface area contributed by atoms with Crippen molar-refractivity contribution in [2.75, 3.05) is 5.75 Å². The van der Waals surface area contributed by atoms with Crippen molar-refractivity contribution in [3.63, 3.8) is 0 Å². The number of nitrogens with zero attached hydrogens (tertiary/aromatic N) is 2. The van der Waals surface area contributed by atoms with Crippen LogP contribution < -0.4 is 11.1 Å². The summed E-state index contributed by atoms with van der Waals surface area (Å²) in [7, 11) is 0. The number of rotatable bonds is 4. The fourth-order valence-corrected chi connectivity index (χ4v) is 4.30. The van der Waals surface area contributed by atoms with Crippen molar-refractivity contribution in [3.05, 3.63) is 71.9 Å². The third-order valence-electron chi connectivity index (χ3n) is 4.50. The highest BCUT2D eigenvalue weighted by atomic mass is 32.2. The SMILES string of the molecule is Cc1ccc(-c2nn(-c3ccccc3)cc2C2NC(C(N)=O)CS2)cc1.